The van der Waals surface area contributed by atoms with Gasteiger partial charge in [0.25, 0.3) is 0 Å². The van der Waals surface area contributed by atoms with Crippen molar-refractivity contribution in [1.29, 1.82) is 5.41 Å². The van der Waals surface area contributed by atoms with Crippen LogP contribution in [0, 0.1) is 5.41 Å². The van der Waals surface area contributed by atoms with Crippen molar-refractivity contribution in [2.24, 2.45) is 4.99 Å². The van der Waals surface area contributed by atoms with E-state index in [0.29, 0.717) is 17.7 Å². The molecule has 0 bridgehead atoms. The molecule has 0 aliphatic carbocycles. The number of alkyl halides is 3. The molecule has 0 atom stereocenters. The average Bonchev–Trinajstić information content (AvgIpc) is 2.81. The average molecular weight is 277 g/mol. The molecule has 0 unspecified atom stereocenters. The second-order valence-electron chi connectivity index (χ2n) is 4.58. The lowest BCUT2D eigenvalue weighted by molar-refractivity contribution is -0.137. The Hall–Kier alpha value is -2.37. The maximum absolute atomic E-state index is 12.7. The highest BCUT2D eigenvalue weighted by Gasteiger charge is 2.30. The van der Waals surface area contributed by atoms with Gasteiger partial charge in [0.2, 0.25) is 0 Å². The van der Waals surface area contributed by atoms with Crippen molar-refractivity contribution in [3.8, 4) is 11.3 Å². The summed E-state index contributed by atoms with van der Waals surface area (Å²) in [4.78, 5) is 6.95. The third-order valence-corrected chi connectivity index (χ3v) is 3.14. The van der Waals surface area contributed by atoms with Gasteiger partial charge in [-0.05, 0) is 23.8 Å². The van der Waals surface area contributed by atoms with Crippen molar-refractivity contribution < 1.29 is 13.2 Å². The Bertz CT molecular complexity index is 711. The summed E-state index contributed by atoms with van der Waals surface area (Å²) >= 11 is 0. The number of hydrogen-bond acceptors (Lipinski definition) is 1. The summed E-state index contributed by atoms with van der Waals surface area (Å²) in [5, 5.41) is 7.48. The number of fused-ring (bicyclic) bond motifs is 1. The molecule has 6 heteroatoms. The monoisotopic (exact) mass is 277 g/mol. The minimum absolute atomic E-state index is 0.231. The number of halogens is 3. The van der Waals surface area contributed by atoms with Crippen LogP contribution in [0.5, 0.6) is 0 Å². The number of amidine groups is 1. The number of rotatable bonds is 1. The number of benzene rings is 1. The number of H-pyrrole nitrogens is 1. The fourth-order valence-electron chi connectivity index (χ4n) is 2.15. The van der Waals surface area contributed by atoms with Gasteiger partial charge in [0.1, 0.15) is 5.84 Å². The van der Waals surface area contributed by atoms with Crippen LogP contribution in [0.15, 0.2) is 35.3 Å². The third-order valence-electron chi connectivity index (χ3n) is 3.14. The van der Waals surface area contributed by atoms with Gasteiger partial charge in [-0.3, -0.25) is 5.41 Å². The minimum atomic E-state index is -4.36. The van der Waals surface area contributed by atoms with E-state index in [1.807, 2.05) is 0 Å². The SMILES string of the molecule is N=C1Cc2[nH]c(-c3cccc(C(F)(F)F)c3)cc2C=N1. The summed E-state index contributed by atoms with van der Waals surface area (Å²) in [6, 6.07) is 6.91. The van der Waals surface area contributed by atoms with Crippen molar-refractivity contribution in [3.05, 3.63) is 47.2 Å². The predicted molar refractivity (Wildman–Crippen MR) is 70.3 cm³/mol. The molecule has 1 aromatic heterocycles. The van der Waals surface area contributed by atoms with E-state index < -0.39 is 11.7 Å². The van der Waals surface area contributed by atoms with Gasteiger partial charge in [-0.15, -0.1) is 0 Å². The zero-order valence-electron chi connectivity index (χ0n) is 10.3. The lowest BCUT2D eigenvalue weighted by Crippen LogP contribution is -2.06. The summed E-state index contributed by atoms with van der Waals surface area (Å²) < 4.78 is 38.1. The third kappa shape index (κ3) is 2.24. The molecule has 3 rings (SSSR count). The summed E-state index contributed by atoms with van der Waals surface area (Å²) in [6.07, 6.45) is -2.44. The normalized spacial score (nSPS) is 14.4. The molecule has 0 fully saturated rings. The lowest BCUT2D eigenvalue weighted by atomic mass is 10.1. The summed E-state index contributed by atoms with van der Waals surface area (Å²) in [5.74, 6) is 0.231. The molecule has 2 N–H and O–H groups in total. The van der Waals surface area contributed by atoms with E-state index in [1.54, 1.807) is 18.3 Å². The Labute approximate surface area is 112 Å². The molecule has 2 aromatic rings. The number of aromatic nitrogens is 1. The van der Waals surface area contributed by atoms with E-state index in [2.05, 4.69) is 9.98 Å². The molecule has 0 amide bonds. The number of hydrogen-bond donors (Lipinski definition) is 2. The molecule has 102 valence electrons. The molecule has 0 spiro atoms. The van der Waals surface area contributed by atoms with Gasteiger partial charge in [-0.2, -0.15) is 13.2 Å². The van der Waals surface area contributed by atoms with Crippen LogP contribution in [0.25, 0.3) is 11.3 Å². The minimum Gasteiger partial charge on any atom is -0.357 e. The zero-order chi connectivity index (χ0) is 14.3. The Morgan fingerprint density at radius 3 is 2.75 bits per heavy atom. The zero-order valence-corrected chi connectivity index (χ0v) is 10.3. The molecule has 0 saturated heterocycles. The van der Waals surface area contributed by atoms with E-state index >= 15 is 0 Å². The van der Waals surface area contributed by atoms with Crippen LogP contribution >= 0.6 is 0 Å². The van der Waals surface area contributed by atoms with Gasteiger partial charge >= 0.3 is 6.18 Å². The van der Waals surface area contributed by atoms with E-state index in [1.165, 1.54) is 6.07 Å². The van der Waals surface area contributed by atoms with Crippen LogP contribution < -0.4 is 0 Å². The molecule has 20 heavy (non-hydrogen) atoms. The van der Waals surface area contributed by atoms with Crippen molar-refractivity contribution in [2.45, 2.75) is 12.6 Å². The predicted octanol–water partition coefficient (Wildman–Crippen LogP) is 3.65. The molecule has 0 radical (unpaired) electrons. The van der Waals surface area contributed by atoms with Gasteiger partial charge in [0, 0.05) is 29.6 Å². The molecule has 3 nitrogen and oxygen atoms in total. The van der Waals surface area contributed by atoms with Gasteiger partial charge in [0.05, 0.1) is 5.56 Å². The van der Waals surface area contributed by atoms with Crippen molar-refractivity contribution in [3.63, 3.8) is 0 Å². The van der Waals surface area contributed by atoms with E-state index in [-0.39, 0.29) is 5.84 Å². The molecule has 1 aromatic carbocycles. The van der Waals surface area contributed by atoms with Gasteiger partial charge in [-0.1, -0.05) is 12.1 Å². The summed E-state index contributed by atoms with van der Waals surface area (Å²) in [7, 11) is 0. The fraction of sp³-hybridized carbons (Fsp3) is 0.143. The van der Waals surface area contributed by atoms with Crippen LogP contribution in [0.3, 0.4) is 0 Å². The molecule has 0 saturated carbocycles. The maximum Gasteiger partial charge on any atom is 0.416 e. The van der Waals surface area contributed by atoms with Crippen LogP contribution in [-0.2, 0) is 12.6 Å². The molecular weight excluding hydrogens is 267 g/mol. The topological polar surface area (TPSA) is 52.0 Å². The number of aliphatic imine (C=N–C) groups is 1. The standard InChI is InChI=1S/C14H10F3N3/c15-14(16,17)10-3-1-2-8(4-10)11-5-9-7-19-13(18)6-12(9)20-11/h1-5,7,18,20H,6H2. The summed E-state index contributed by atoms with van der Waals surface area (Å²) in [5.41, 5.74) is 2.01. The first-order chi connectivity index (χ1) is 9.43. The van der Waals surface area contributed by atoms with Crippen LogP contribution in [0.4, 0.5) is 13.2 Å². The summed E-state index contributed by atoms with van der Waals surface area (Å²) in [6.45, 7) is 0. The Morgan fingerprint density at radius 1 is 1.20 bits per heavy atom. The highest BCUT2D eigenvalue weighted by atomic mass is 19.4. The first kappa shape index (κ1) is 12.7. The lowest BCUT2D eigenvalue weighted by Gasteiger charge is -2.07. The fourth-order valence-corrected chi connectivity index (χ4v) is 2.15. The van der Waals surface area contributed by atoms with Gasteiger partial charge in [-0.25, -0.2) is 4.99 Å². The Morgan fingerprint density at radius 2 is 2.00 bits per heavy atom. The highest BCUT2D eigenvalue weighted by Crippen LogP contribution is 2.32. The molecule has 1 aliphatic rings. The molecule has 2 heterocycles. The largest absolute Gasteiger partial charge is 0.416 e. The Kier molecular flexibility index (Phi) is 2.74. The quantitative estimate of drug-likeness (QED) is 0.799. The van der Waals surface area contributed by atoms with E-state index in [9.17, 15) is 13.2 Å². The maximum atomic E-state index is 12.7. The van der Waals surface area contributed by atoms with Gasteiger partial charge < -0.3 is 4.98 Å². The Balaban J connectivity index is 2.02. The second kappa shape index (κ2) is 4.33. The highest BCUT2D eigenvalue weighted by molar-refractivity contribution is 6.00. The van der Waals surface area contributed by atoms with Crippen LogP contribution in [0.1, 0.15) is 16.8 Å². The number of nitrogens with zero attached hydrogens (tertiary/aromatic N) is 1. The smallest absolute Gasteiger partial charge is 0.357 e. The van der Waals surface area contributed by atoms with E-state index in [0.717, 1.165) is 23.4 Å². The van der Waals surface area contributed by atoms with Crippen molar-refractivity contribution in [1.82, 2.24) is 4.98 Å². The first-order valence-corrected chi connectivity index (χ1v) is 5.94. The van der Waals surface area contributed by atoms with Crippen LogP contribution in [-0.4, -0.2) is 17.0 Å². The van der Waals surface area contributed by atoms with E-state index in [4.69, 9.17) is 5.41 Å². The molecular formula is C14H10F3N3. The molecule has 1 aliphatic heterocycles. The van der Waals surface area contributed by atoms with Crippen molar-refractivity contribution in [2.75, 3.05) is 0 Å². The second-order valence-corrected chi connectivity index (χ2v) is 4.58. The van der Waals surface area contributed by atoms with Crippen molar-refractivity contribution >= 4 is 12.1 Å². The number of aromatic amines is 1. The van der Waals surface area contributed by atoms with Gasteiger partial charge in [0.15, 0.2) is 0 Å². The number of nitrogens with one attached hydrogen (secondary N) is 2. The first-order valence-electron chi connectivity index (χ1n) is 5.94. The van der Waals surface area contributed by atoms with Crippen LogP contribution in [0.2, 0.25) is 0 Å².